The molecule has 31 heavy (non-hydrogen) atoms. The lowest BCUT2D eigenvalue weighted by atomic mass is 9.70. The summed E-state index contributed by atoms with van der Waals surface area (Å²) in [7, 11) is 0. The van der Waals surface area contributed by atoms with Crippen LogP contribution < -0.4 is 0 Å². The number of benzene rings is 2. The Hall–Kier alpha value is -0.120. The van der Waals surface area contributed by atoms with Crippen LogP contribution in [0.15, 0.2) is 30.3 Å². The molecule has 0 radical (unpaired) electrons. The van der Waals surface area contributed by atoms with Crippen LogP contribution in [0.2, 0.25) is 0 Å². The molecule has 0 N–H and O–H groups in total. The molecule has 1 aliphatic carbocycles. The van der Waals surface area contributed by atoms with Crippen molar-refractivity contribution < 1.29 is 0 Å². The zero-order valence-electron chi connectivity index (χ0n) is 19.2. The second kappa shape index (κ2) is 12.4. The van der Waals surface area contributed by atoms with E-state index in [2.05, 4.69) is 92.0 Å². The number of alkyl halides is 3. The Morgan fingerprint density at radius 2 is 1.26 bits per heavy atom. The van der Waals surface area contributed by atoms with Crippen molar-refractivity contribution in [2.24, 2.45) is 0 Å². The summed E-state index contributed by atoms with van der Waals surface area (Å²) < 4.78 is 0. The van der Waals surface area contributed by atoms with Gasteiger partial charge in [-0.25, -0.2) is 0 Å². The molecule has 0 saturated carbocycles. The number of rotatable bonds is 13. The number of fused-ring (bicyclic) bond motifs is 3. The summed E-state index contributed by atoms with van der Waals surface area (Å²) in [5, 5.41) is 2.76. The van der Waals surface area contributed by atoms with Gasteiger partial charge in [0.05, 0.1) is 0 Å². The molecule has 2 aromatic rings. The highest BCUT2D eigenvalue weighted by Crippen LogP contribution is 2.56. The fourth-order valence-electron chi connectivity index (χ4n) is 5.45. The lowest BCUT2D eigenvalue weighted by molar-refractivity contribution is 0.400. The first-order valence-corrected chi connectivity index (χ1v) is 15.5. The Labute approximate surface area is 215 Å². The first-order chi connectivity index (χ1) is 15.1. The quantitative estimate of drug-likeness (QED) is 0.156. The van der Waals surface area contributed by atoms with Gasteiger partial charge in [-0.3, -0.25) is 0 Å². The number of unbranched alkanes of at least 4 members (excludes halogenated alkanes) is 6. The van der Waals surface area contributed by atoms with Gasteiger partial charge >= 0.3 is 0 Å². The summed E-state index contributed by atoms with van der Waals surface area (Å²) in [4.78, 5) is 0. The van der Waals surface area contributed by atoms with E-state index >= 15 is 0 Å². The standard InChI is InChI=1S/C28H37Br3/c1-3-5-7-9-13-28(14-10-8-6-4-2)25-16-21(18-29)11-12-24(25)27-23(20-31)15-22(19-30)17-26(27)28/h11-12,15-17H,3-10,13-14,18-20H2,1-2H3. The van der Waals surface area contributed by atoms with Gasteiger partial charge in [-0.2, -0.15) is 0 Å². The maximum Gasteiger partial charge on any atom is 0.0289 e. The summed E-state index contributed by atoms with van der Waals surface area (Å²) in [5.41, 5.74) is 10.6. The normalized spacial score (nSPS) is 14.0. The van der Waals surface area contributed by atoms with E-state index in [0.29, 0.717) is 0 Å². The van der Waals surface area contributed by atoms with Gasteiger partial charge in [0, 0.05) is 21.4 Å². The molecular formula is C28H37Br3. The molecule has 0 amide bonds. The molecule has 1 aliphatic rings. The molecule has 0 nitrogen and oxygen atoms in total. The van der Waals surface area contributed by atoms with Crippen molar-refractivity contribution in [1.29, 1.82) is 0 Å². The second-order valence-corrected chi connectivity index (χ2v) is 10.8. The Bertz CT molecular complexity index is 844. The molecular weight excluding hydrogens is 576 g/mol. The molecule has 170 valence electrons. The second-order valence-electron chi connectivity index (χ2n) is 9.16. The fourth-order valence-corrected chi connectivity index (χ4v) is 6.57. The van der Waals surface area contributed by atoms with Crippen LogP contribution in [0.4, 0.5) is 0 Å². The molecule has 3 rings (SSSR count). The van der Waals surface area contributed by atoms with Crippen LogP contribution in [0.3, 0.4) is 0 Å². The van der Waals surface area contributed by atoms with Gasteiger partial charge in [-0.15, -0.1) is 0 Å². The topological polar surface area (TPSA) is 0 Å². The Balaban J connectivity index is 2.16. The van der Waals surface area contributed by atoms with Crippen LogP contribution in [0, 0.1) is 0 Å². The Morgan fingerprint density at radius 3 is 1.81 bits per heavy atom. The molecule has 0 fully saturated rings. The fraction of sp³-hybridized carbons (Fsp3) is 0.571. The van der Waals surface area contributed by atoms with Crippen LogP contribution in [-0.2, 0) is 21.4 Å². The van der Waals surface area contributed by atoms with E-state index in [1.807, 2.05) is 0 Å². The first kappa shape index (κ1) is 25.5. The summed E-state index contributed by atoms with van der Waals surface area (Å²) in [6.07, 6.45) is 13.2. The van der Waals surface area contributed by atoms with Crippen molar-refractivity contribution in [1.82, 2.24) is 0 Å². The highest BCUT2D eigenvalue weighted by Gasteiger charge is 2.43. The zero-order valence-corrected chi connectivity index (χ0v) is 24.0. The number of hydrogen-bond donors (Lipinski definition) is 0. The maximum absolute atomic E-state index is 3.82. The third kappa shape index (κ3) is 5.52. The molecule has 0 bridgehead atoms. The van der Waals surface area contributed by atoms with Crippen LogP contribution in [0.25, 0.3) is 11.1 Å². The highest BCUT2D eigenvalue weighted by atomic mass is 79.9. The van der Waals surface area contributed by atoms with Gasteiger partial charge in [-0.1, -0.05) is 143 Å². The largest absolute Gasteiger partial charge is 0.0876 e. The molecule has 0 atom stereocenters. The van der Waals surface area contributed by atoms with E-state index in [1.165, 1.54) is 92.0 Å². The van der Waals surface area contributed by atoms with Gasteiger partial charge < -0.3 is 0 Å². The van der Waals surface area contributed by atoms with Gasteiger partial charge in [0.2, 0.25) is 0 Å². The summed E-state index contributed by atoms with van der Waals surface area (Å²) in [5.74, 6) is 0. The van der Waals surface area contributed by atoms with Crippen molar-refractivity contribution in [3.63, 3.8) is 0 Å². The third-order valence-electron chi connectivity index (χ3n) is 7.03. The lowest BCUT2D eigenvalue weighted by Crippen LogP contribution is -2.26. The molecule has 0 aliphatic heterocycles. The molecule has 3 heteroatoms. The number of halogens is 3. The molecule has 2 aromatic carbocycles. The predicted octanol–water partition coefficient (Wildman–Crippen LogP) is 10.6. The van der Waals surface area contributed by atoms with E-state index in [9.17, 15) is 0 Å². The van der Waals surface area contributed by atoms with E-state index in [0.717, 1.165) is 16.0 Å². The van der Waals surface area contributed by atoms with Crippen molar-refractivity contribution in [3.8, 4) is 11.1 Å². The smallest absolute Gasteiger partial charge is 0.0289 e. The van der Waals surface area contributed by atoms with E-state index in [-0.39, 0.29) is 5.41 Å². The average Bonchev–Trinajstić information content (AvgIpc) is 3.08. The van der Waals surface area contributed by atoms with Gasteiger partial charge in [0.1, 0.15) is 0 Å². The van der Waals surface area contributed by atoms with Gasteiger partial charge in [0.25, 0.3) is 0 Å². The van der Waals surface area contributed by atoms with Crippen molar-refractivity contribution >= 4 is 47.8 Å². The molecule has 0 spiro atoms. The van der Waals surface area contributed by atoms with Crippen LogP contribution in [0.1, 0.15) is 106 Å². The first-order valence-electron chi connectivity index (χ1n) is 12.1. The van der Waals surface area contributed by atoms with E-state index < -0.39 is 0 Å². The number of hydrogen-bond acceptors (Lipinski definition) is 0. The molecule has 0 heterocycles. The predicted molar refractivity (Wildman–Crippen MR) is 148 cm³/mol. The molecule has 0 aromatic heterocycles. The molecule has 0 unspecified atom stereocenters. The SMILES string of the molecule is CCCCCCC1(CCCCCC)c2cc(CBr)ccc2-c2c(CBr)cc(CBr)cc21. The van der Waals surface area contributed by atoms with Crippen LogP contribution >= 0.6 is 47.8 Å². The Kier molecular flexibility index (Phi) is 10.2. The van der Waals surface area contributed by atoms with Gasteiger partial charge in [0.15, 0.2) is 0 Å². The Morgan fingerprint density at radius 1 is 0.645 bits per heavy atom. The van der Waals surface area contributed by atoms with Gasteiger partial charge in [-0.05, 0) is 51.8 Å². The van der Waals surface area contributed by atoms with Crippen LogP contribution in [0.5, 0.6) is 0 Å². The van der Waals surface area contributed by atoms with Crippen molar-refractivity contribution in [3.05, 3.63) is 58.1 Å². The highest BCUT2D eigenvalue weighted by molar-refractivity contribution is 9.09. The molecule has 0 saturated heterocycles. The van der Waals surface area contributed by atoms with Crippen molar-refractivity contribution in [2.45, 2.75) is 99.5 Å². The van der Waals surface area contributed by atoms with E-state index in [1.54, 1.807) is 11.1 Å². The summed E-state index contributed by atoms with van der Waals surface area (Å²) in [6.45, 7) is 4.63. The monoisotopic (exact) mass is 610 g/mol. The van der Waals surface area contributed by atoms with Crippen molar-refractivity contribution in [2.75, 3.05) is 0 Å². The third-order valence-corrected chi connectivity index (χ3v) is 8.93. The minimum atomic E-state index is 0.166. The summed E-state index contributed by atoms with van der Waals surface area (Å²) in [6, 6.07) is 12.2. The average molecular weight is 613 g/mol. The van der Waals surface area contributed by atoms with E-state index in [4.69, 9.17) is 0 Å². The lowest BCUT2D eigenvalue weighted by Gasteiger charge is -2.33. The maximum atomic E-state index is 3.82. The minimum absolute atomic E-state index is 0.166. The summed E-state index contributed by atoms with van der Waals surface area (Å²) >= 11 is 11.3. The van der Waals surface area contributed by atoms with Crippen LogP contribution in [-0.4, -0.2) is 0 Å². The zero-order chi connectivity index (χ0) is 22.3. The minimum Gasteiger partial charge on any atom is -0.0876 e.